The second-order valence-electron chi connectivity index (χ2n) is 4.38. The Kier molecular flexibility index (Phi) is 4.02. The molecular formula is C14H9N5O3S. The Morgan fingerprint density at radius 3 is 2.61 bits per heavy atom. The van der Waals surface area contributed by atoms with Gasteiger partial charge in [0.1, 0.15) is 10.6 Å². The Morgan fingerprint density at radius 1 is 1.13 bits per heavy atom. The third kappa shape index (κ3) is 3.19. The smallest absolute Gasteiger partial charge is 0.282 e. The van der Waals surface area contributed by atoms with Crippen molar-refractivity contribution in [3.63, 3.8) is 0 Å². The van der Waals surface area contributed by atoms with Crippen LogP contribution < -0.4 is 5.32 Å². The van der Waals surface area contributed by atoms with Gasteiger partial charge >= 0.3 is 0 Å². The first-order valence-corrected chi connectivity index (χ1v) is 7.25. The van der Waals surface area contributed by atoms with Crippen LogP contribution in [0.25, 0.3) is 10.6 Å². The van der Waals surface area contributed by atoms with Crippen LogP contribution in [0.15, 0.2) is 48.8 Å². The average molecular weight is 327 g/mol. The van der Waals surface area contributed by atoms with Gasteiger partial charge in [-0.1, -0.05) is 23.5 Å². The fourth-order valence-corrected chi connectivity index (χ4v) is 2.62. The highest BCUT2D eigenvalue weighted by molar-refractivity contribution is 7.18. The number of hydrogen-bond acceptors (Lipinski definition) is 7. The quantitative estimate of drug-likeness (QED) is 0.582. The van der Waals surface area contributed by atoms with Gasteiger partial charge in [-0.3, -0.25) is 25.2 Å². The summed E-state index contributed by atoms with van der Waals surface area (Å²) >= 11 is 1.17. The molecule has 114 valence electrons. The van der Waals surface area contributed by atoms with Crippen LogP contribution in [0.1, 0.15) is 10.4 Å². The molecule has 23 heavy (non-hydrogen) atoms. The second-order valence-corrected chi connectivity index (χ2v) is 5.35. The first-order chi connectivity index (χ1) is 11.1. The van der Waals surface area contributed by atoms with Crippen molar-refractivity contribution in [2.75, 3.05) is 5.32 Å². The predicted molar refractivity (Wildman–Crippen MR) is 84.2 cm³/mol. The first-order valence-electron chi connectivity index (χ1n) is 6.44. The van der Waals surface area contributed by atoms with Crippen molar-refractivity contribution < 1.29 is 9.72 Å². The number of carbonyl (C=O) groups excluding carboxylic acids is 1. The highest BCUT2D eigenvalue weighted by Gasteiger charge is 2.20. The number of nitrogens with one attached hydrogen (secondary N) is 1. The number of carbonyl (C=O) groups is 1. The summed E-state index contributed by atoms with van der Waals surface area (Å²) in [6.07, 6.45) is 3.25. The lowest BCUT2D eigenvalue weighted by molar-refractivity contribution is -0.385. The minimum Gasteiger partial charge on any atom is -0.296 e. The van der Waals surface area contributed by atoms with E-state index in [0.717, 1.165) is 5.56 Å². The maximum Gasteiger partial charge on any atom is 0.282 e. The van der Waals surface area contributed by atoms with Gasteiger partial charge in [0.2, 0.25) is 5.13 Å². The largest absolute Gasteiger partial charge is 0.296 e. The molecule has 9 heteroatoms. The molecule has 1 N–H and O–H groups in total. The van der Waals surface area contributed by atoms with E-state index in [1.165, 1.54) is 29.5 Å². The van der Waals surface area contributed by atoms with E-state index in [9.17, 15) is 14.9 Å². The number of nitro groups is 1. The molecule has 0 saturated heterocycles. The van der Waals surface area contributed by atoms with Gasteiger partial charge in [0.05, 0.1) is 4.92 Å². The zero-order valence-corrected chi connectivity index (χ0v) is 12.4. The van der Waals surface area contributed by atoms with Gasteiger partial charge in [-0.25, -0.2) is 0 Å². The summed E-state index contributed by atoms with van der Waals surface area (Å²) < 4.78 is 0. The van der Waals surface area contributed by atoms with Gasteiger partial charge in [-0.2, -0.15) is 0 Å². The van der Waals surface area contributed by atoms with Gasteiger partial charge in [0.15, 0.2) is 0 Å². The number of para-hydroxylation sites is 1. The minimum atomic E-state index is -0.602. The summed E-state index contributed by atoms with van der Waals surface area (Å²) in [6, 6.07) is 9.27. The maximum atomic E-state index is 12.2. The van der Waals surface area contributed by atoms with Crippen molar-refractivity contribution in [1.82, 2.24) is 15.2 Å². The lowest BCUT2D eigenvalue weighted by atomic mass is 10.1. The number of pyridine rings is 1. The van der Waals surface area contributed by atoms with Gasteiger partial charge in [0, 0.05) is 24.0 Å². The molecule has 1 aromatic carbocycles. The van der Waals surface area contributed by atoms with Crippen LogP contribution in [0.2, 0.25) is 0 Å². The molecule has 0 atom stereocenters. The van der Waals surface area contributed by atoms with Gasteiger partial charge in [-0.05, 0) is 18.2 Å². The summed E-state index contributed by atoms with van der Waals surface area (Å²) in [4.78, 5) is 26.5. The molecular weight excluding hydrogens is 318 g/mol. The summed E-state index contributed by atoms with van der Waals surface area (Å²) in [5.41, 5.74) is 0.533. The number of amides is 1. The SMILES string of the molecule is O=C(Nc1nnc(-c2ccncc2)s1)c1ccccc1[N+](=O)[O-]. The van der Waals surface area contributed by atoms with Crippen LogP contribution in [0, 0.1) is 10.1 Å². The van der Waals surface area contributed by atoms with Crippen LogP contribution in [0.5, 0.6) is 0 Å². The summed E-state index contributed by atoms with van der Waals surface area (Å²) in [5, 5.41) is 22.2. The van der Waals surface area contributed by atoms with E-state index in [-0.39, 0.29) is 16.4 Å². The Balaban J connectivity index is 1.82. The number of hydrogen-bond donors (Lipinski definition) is 1. The number of rotatable bonds is 4. The number of nitro benzene ring substituents is 1. The normalized spacial score (nSPS) is 10.3. The maximum absolute atomic E-state index is 12.2. The van der Waals surface area contributed by atoms with Crippen LogP contribution >= 0.6 is 11.3 Å². The summed E-state index contributed by atoms with van der Waals surface area (Å²) in [6.45, 7) is 0. The van der Waals surface area contributed by atoms with E-state index in [1.807, 2.05) is 0 Å². The number of benzene rings is 1. The molecule has 1 amide bonds. The van der Waals surface area contributed by atoms with Crippen molar-refractivity contribution >= 4 is 28.1 Å². The Hall–Kier alpha value is -3.20. The van der Waals surface area contributed by atoms with Crippen LogP contribution in [-0.2, 0) is 0 Å². The molecule has 0 radical (unpaired) electrons. The van der Waals surface area contributed by atoms with E-state index in [4.69, 9.17) is 0 Å². The number of aromatic nitrogens is 3. The molecule has 0 bridgehead atoms. The van der Waals surface area contributed by atoms with E-state index in [2.05, 4.69) is 20.5 Å². The monoisotopic (exact) mass is 327 g/mol. The minimum absolute atomic E-state index is 0.0295. The highest BCUT2D eigenvalue weighted by atomic mass is 32.1. The Labute approximate surface area is 134 Å². The summed E-state index contributed by atoms with van der Waals surface area (Å²) in [7, 11) is 0. The highest BCUT2D eigenvalue weighted by Crippen LogP contribution is 2.26. The van der Waals surface area contributed by atoms with Crippen LogP contribution in [0.4, 0.5) is 10.8 Å². The lowest BCUT2D eigenvalue weighted by Gasteiger charge is -2.01. The van der Waals surface area contributed by atoms with E-state index in [1.54, 1.807) is 30.6 Å². The van der Waals surface area contributed by atoms with Gasteiger partial charge in [-0.15, -0.1) is 10.2 Å². The Morgan fingerprint density at radius 2 is 1.87 bits per heavy atom. The molecule has 0 aliphatic heterocycles. The average Bonchev–Trinajstić information content (AvgIpc) is 3.04. The molecule has 0 aliphatic rings. The fraction of sp³-hybridized carbons (Fsp3) is 0. The van der Waals surface area contributed by atoms with Crippen molar-refractivity contribution in [1.29, 1.82) is 0 Å². The molecule has 0 fully saturated rings. The van der Waals surface area contributed by atoms with Crippen molar-refractivity contribution in [3.8, 4) is 10.6 Å². The third-order valence-corrected chi connectivity index (χ3v) is 3.81. The standard InChI is InChI=1S/C14H9N5O3S/c20-12(10-3-1-2-4-11(10)19(21)22)16-14-18-17-13(23-14)9-5-7-15-8-6-9/h1-8H,(H,16,18,20). The Bertz CT molecular complexity index is 866. The van der Waals surface area contributed by atoms with Gasteiger partial charge < -0.3 is 0 Å². The van der Waals surface area contributed by atoms with Crippen molar-refractivity contribution in [3.05, 3.63) is 64.5 Å². The lowest BCUT2D eigenvalue weighted by Crippen LogP contribution is -2.13. The zero-order chi connectivity index (χ0) is 16.2. The molecule has 0 unspecified atom stereocenters. The summed E-state index contributed by atoms with van der Waals surface area (Å²) in [5.74, 6) is -0.602. The molecule has 0 aliphatic carbocycles. The topological polar surface area (TPSA) is 111 Å². The third-order valence-electron chi connectivity index (χ3n) is 2.92. The molecule has 3 rings (SSSR count). The van der Waals surface area contributed by atoms with Gasteiger partial charge in [0.25, 0.3) is 11.6 Å². The van der Waals surface area contributed by atoms with Crippen LogP contribution in [-0.4, -0.2) is 26.0 Å². The van der Waals surface area contributed by atoms with E-state index < -0.39 is 10.8 Å². The molecule has 8 nitrogen and oxygen atoms in total. The van der Waals surface area contributed by atoms with Crippen LogP contribution in [0.3, 0.4) is 0 Å². The first kappa shape index (κ1) is 14.7. The van der Waals surface area contributed by atoms with E-state index in [0.29, 0.717) is 5.01 Å². The molecule has 2 aromatic heterocycles. The number of anilines is 1. The van der Waals surface area contributed by atoms with Crippen molar-refractivity contribution in [2.45, 2.75) is 0 Å². The van der Waals surface area contributed by atoms with E-state index >= 15 is 0 Å². The number of nitrogens with zero attached hydrogens (tertiary/aromatic N) is 4. The molecule has 0 saturated carbocycles. The molecule has 3 aromatic rings. The molecule has 0 spiro atoms. The predicted octanol–water partition coefficient (Wildman–Crippen LogP) is 2.76. The zero-order valence-electron chi connectivity index (χ0n) is 11.5. The van der Waals surface area contributed by atoms with Crippen molar-refractivity contribution in [2.24, 2.45) is 0 Å². The molecule has 2 heterocycles. The fourth-order valence-electron chi connectivity index (χ4n) is 1.87. The second kappa shape index (κ2) is 6.28.